The molecule has 42 heavy (non-hydrogen) atoms. The van der Waals surface area contributed by atoms with Gasteiger partial charge in [0.05, 0.1) is 23.2 Å². The summed E-state index contributed by atoms with van der Waals surface area (Å²) in [5, 5.41) is 5.56. The molecule has 1 aromatic heterocycles. The van der Waals surface area contributed by atoms with Gasteiger partial charge in [-0.2, -0.15) is 5.10 Å². The topological polar surface area (TPSA) is 87.5 Å². The van der Waals surface area contributed by atoms with Crippen LogP contribution in [0.4, 0.5) is 10.1 Å². The Morgan fingerprint density at radius 1 is 1.05 bits per heavy atom. The third-order valence-electron chi connectivity index (χ3n) is 9.72. The van der Waals surface area contributed by atoms with E-state index < -0.39 is 10.0 Å². The number of benzene rings is 2. The van der Waals surface area contributed by atoms with E-state index in [4.69, 9.17) is 0 Å². The van der Waals surface area contributed by atoms with Gasteiger partial charge in [-0.25, -0.2) is 17.5 Å². The monoisotopic (exact) mass is 595 g/mol. The summed E-state index contributed by atoms with van der Waals surface area (Å²) in [5.41, 5.74) is 4.77. The lowest BCUT2D eigenvalue weighted by molar-refractivity contribution is -0.117. The van der Waals surface area contributed by atoms with E-state index >= 15 is 0 Å². The first-order valence-corrected chi connectivity index (χ1v) is 17.1. The zero-order chi connectivity index (χ0) is 29.6. The molecule has 3 fully saturated rings. The van der Waals surface area contributed by atoms with Crippen LogP contribution in [0.5, 0.6) is 0 Å². The Morgan fingerprint density at radius 3 is 2.55 bits per heavy atom. The molecular weight excluding hydrogens is 553 g/mol. The molecule has 2 atom stereocenters. The highest BCUT2D eigenvalue weighted by Gasteiger charge is 2.33. The lowest BCUT2D eigenvalue weighted by atomic mass is 9.86. The molecule has 8 nitrogen and oxygen atoms in total. The second kappa shape index (κ2) is 11.7. The van der Waals surface area contributed by atoms with Crippen LogP contribution in [0.1, 0.15) is 70.3 Å². The van der Waals surface area contributed by atoms with Crippen LogP contribution in [0.3, 0.4) is 0 Å². The molecule has 10 heteroatoms. The van der Waals surface area contributed by atoms with E-state index in [0.717, 1.165) is 80.2 Å². The number of likely N-dealkylation sites (tertiary alicyclic amines) is 1. The third kappa shape index (κ3) is 5.85. The molecule has 0 bridgehead atoms. The minimum atomic E-state index is -3.15. The maximum absolute atomic E-state index is 14.6. The van der Waals surface area contributed by atoms with Crippen molar-refractivity contribution in [3.63, 3.8) is 0 Å². The summed E-state index contributed by atoms with van der Waals surface area (Å²) in [5.74, 6) is 0.778. The molecule has 0 radical (unpaired) electrons. The van der Waals surface area contributed by atoms with Gasteiger partial charge in [0.1, 0.15) is 5.82 Å². The van der Waals surface area contributed by atoms with Crippen LogP contribution in [0.2, 0.25) is 0 Å². The zero-order valence-electron chi connectivity index (χ0n) is 24.9. The SMILES string of the molecule is CCS(=O)(=O)NC1CCC(CN2CCC(c3cc(-c4ccc(F)cc4N4C(=O)CCC4C)c4cnn(C)c4c3)C2)CC1. The van der Waals surface area contributed by atoms with Crippen molar-refractivity contribution in [1.29, 1.82) is 0 Å². The molecule has 6 rings (SSSR count). The lowest BCUT2D eigenvalue weighted by Crippen LogP contribution is -2.40. The molecule has 226 valence electrons. The Hall–Kier alpha value is -2.82. The zero-order valence-corrected chi connectivity index (χ0v) is 25.7. The fourth-order valence-electron chi connectivity index (χ4n) is 7.30. The van der Waals surface area contributed by atoms with Crippen LogP contribution in [-0.4, -0.2) is 66.5 Å². The van der Waals surface area contributed by atoms with Crippen LogP contribution in [0, 0.1) is 11.7 Å². The first-order chi connectivity index (χ1) is 20.1. The Morgan fingerprint density at radius 2 is 1.83 bits per heavy atom. The molecular formula is C32H42FN5O3S. The van der Waals surface area contributed by atoms with Gasteiger partial charge in [0, 0.05) is 49.6 Å². The summed E-state index contributed by atoms with van der Waals surface area (Å²) >= 11 is 0. The number of hydrogen-bond donors (Lipinski definition) is 1. The van der Waals surface area contributed by atoms with E-state index in [1.54, 1.807) is 11.8 Å². The van der Waals surface area contributed by atoms with Crippen LogP contribution in [0.15, 0.2) is 36.5 Å². The summed E-state index contributed by atoms with van der Waals surface area (Å²) < 4.78 is 43.3. The maximum Gasteiger partial charge on any atom is 0.227 e. The predicted molar refractivity (Wildman–Crippen MR) is 164 cm³/mol. The molecule has 2 saturated heterocycles. The first-order valence-electron chi connectivity index (χ1n) is 15.4. The Bertz CT molecular complexity index is 1580. The summed E-state index contributed by atoms with van der Waals surface area (Å²) in [6.07, 6.45) is 8.08. The van der Waals surface area contributed by atoms with Crippen molar-refractivity contribution in [3.05, 3.63) is 47.9 Å². The van der Waals surface area contributed by atoms with Gasteiger partial charge in [-0.15, -0.1) is 0 Å². The first kappa shape index (κ1) is 29.3. The predicted octanol–water partition coefficient (Wildman–Crippen LogP) is 5.18. The second-order valence-corrected chi connectivity index (χ2v) is 14.6. The highest BCUT2D eigenvalue weighted by atomic mass is 32.2. The van der Waals surface area contributed by atoms with E-state index in [2.05, 4.69) is 26.9 Å². The third-order valence-corrected chi connectivity index (χ3v) is 11.2. The molecule has 1 amide bonds. The number of nitrogens with zero attached hydrogens (tertiary/aromatic N) is 4. The number of anilines is 1. The number of fused-ring (bicyclic) bond motifs is 1. The fourth-order valence-corrected chi connectivity index (χ4v) is 8.21. The number of nitrogens with one attached hydrogen (secondary N) is 1. The van der Waals surface area contributed by atoms with Crippen molar-refractivity contribution in [2.24, 2.45) is 13.0 Å². The van der Waals surface area contributed by atoms with Gasteiger partial charge in [-0.05, 0) is 112 Å². The second-order valence-electron chi connectivity index (χ2n) is 12.6. The van der Waals surface area contributed by atoms with E-state index in [0.29, 0.717) is 23.9 Å². The molecule has 1 saturated carbocycles. The normalized spacial score (nSPS) is 25.6. The van der Waals surface area contributed by atoms with Crippen molar-refractivity contribution in [2.75, 3.05) is 30.3 Å². The van der Waals surface area contributed by atoms with Crippen molar-refractivity contribution < 1.29 is 17.6 Å². The van der Waals surface area contributed by atoms with Gasteiger partial charge in [0.2, 0.25) is 15.9 Å². The maximum atomic E-state index is 14.6. The molecule has 1 N–H and O–H groups in total. The number of amides is 1. The fraction of sp³-hybridized carbons (Fsp3) is 0.562. The molecule has 0 spiro atoms. The summed E-state index contributed by atoms with van der Waals surface area (Å²) in [7, 11) is -1.21. The smallest absolute Gasteiger partial charge is 0.227 e. The molecule has 1 aliphatic carbocycles. The number of aryl methyl sites for hydroxylation is 1. The van der Waals surface area contributed by atoms with Gasteiger partial charge >= 0.3 is 0 Å². The summed E-state index contributed by atoms with van der Waals surface area (Å²) in [6, 6.07) is 9.38. The molecule has 2 aromatic carbocycles. The van der Waals surface area contributed by atoms with Crippen LogP contribution < -0.4 is 9.62 Å². The number of sulfonamides is 1. The number of halogens is 1. The standard InChI is InChI=1S/C32H42FN5O3S/c1-4-42(40,41)35-26-9-6-22(7-10-26)19-37-14-13-23(20-37)24-15-28(29-18-34-36(3)30(29)16-24)27-11-8-25(33)17-31(27)38-21(2)5-12-32(38)39/h8,11,15-18,21-23,26,35H,4-7,9-10,12-14,19-20H2,1-3H3. The van der Waals surface area contributed by atoms with Gasteiger partial charge in [-0.1, -0.05) is 0 Å². The van der Waals surface area contributed by atoms with Crippen LogP contribution in [0.25, 0.3) is 22.0 Å². The molecule has 3 heterocycles. The minimum Gasteiger partial charge on any atom is -0.309 e. The van der Waals surface area contributed by atoms with E-state index in [-0.39, 0.29) is 29.6 Å². The van der Waals surface area contributed by atoms with Gasteiger partial charge in [-0.3, -0.25) is 9.48 Å². The number of hydrogen-bond acceptors (Lipinski definition) is 5. The Labute approximate surface area is 248 Å². The number of rotatable bonds is 8. The van der Waals surface area contributed by atoms with E-state index in [1.165, 1.54) is 17.7 Å². The number of carbonyl (C=O) groups is 1. The molecule has 3 aliphatic rings. The number of aromatic nitrogens is 2. The van der Waals surface area contributed by atoms with Crippen LogP contribution in [-0.2, 0) is 21.9 Å². The highest BCUT2D eigenvalue weighted by molar-refractivity contribution is 7.89. The van der Waals surface area contributed by atoms with Gasteiger partial charge in [0.25, 0.3) is 0 Å². The Kier molecular flexibility index (Phi) is 8.15. The quantitative estimate of drug-likeness (QED) is 0.388. The van der Waals surface area contributed by atoms with Crippen molar-refractivity contribution in [3.8, 4) is 11.1 Å². The minimum absolute atomic E-state index is 0.0240. The average Bonchev–Trinajstić information content (AvgIpc) is 3.68. The van der Waals surface area contributed by atoms with Crippen LogP contribution >= 0.6 is 0 Å². The van der Waals surface area contributed by atoms with Crippen molar-refractivity contribution in [2.45, 2.75) is 76.8 Å². The average molecular weight is 596 g/mol. The summed E-state index contributed by atoms with van der Waals surface area (Å²) in [6.45, 7) is 6.76. The Balaban J connectivity index is 1.22. The van der Waals surface area contributed by atoms with Crippen molar-refractivity contribution in [1.82, 2.24) is 19.4 Å². The van der Waals surface area contributed by atoms with E-state index in [1.807, 2.05) is 30.9 Å². The molecule has 3 aromatic rings. The highest BCUT2D eigenvalue weighted by Crippen LogP contribution is 2.42. The number of carbonyl (C=O) groups excluding carboxylic acids is 1. The largest absolute Gasteiger partial charge is 0.309 e. The van der Waals surface area contributed by atoms with Crippen molar-refractivity contribution >= 4 is 32.5 Å². The molecule has 2 unspecified atom stereocenters. The lowest BCUT2D eigenvalue weighted by Gasteiger charge is -2.31. The van der Waals surface area contributed by atoms with Gasteiger partial charge < -0.3 is 9.80 Å². The molecule has 2 aliphatic heterocycles. The summed E-state index contributed by atoms with van der Waals surface area (Å²) in [4.78, 5) is 17.2. The van der Waals surface area contributed by atoms with E-state index in [9.17, 15) is 17.6 Å². The van der Waals surface area contributed by atoms with Gasteiger partial charge in [0.15, 0.2) is 0 Å².